The quantitative estimate of drug-likeness (QED) is 0.718. The van der Waals surface area contributed by atoms with Gasteiger partial charge in [0.1, 0.15) is 0 Å². The van der Waals surface area contributed by atoms with Gasteiger partial charge < -0.3 is 11.1 Å². The van der Waals surface area contributed by atoms with Crippen LogP contribution in [-0.2, 0) is 4.79 Å². The van der Waals surface area contributed by atoms with Crippen LogP contribution >= 0.6 is 0 Å². The second kappa shape index (κ2) is 4.78. The SMILES string of the molecule is CC(C)(CN)NC(=O)CC1CCCC1. The Morgan fingerprint density at radius 3 is 2.50 bits per heavy atom. The minimum absolute atomic E-state index is 0.160. The number of nitrogens with one attached hydrogen (secondary N) is 1. The molecule has 14 heavy (non-hydrogen) atoms. The standard InChI is InChI=1S/C11H22N2O/c1-11(2,8-12)13-10(14)7-9-5-3-4-6-9/h9H,3-8,12H2,1-2H3,(H,13,14). The summed E-state index contributed by atoms with van der Waals surface area (Å²) in [5.41, 5.74) is 5.29. The van der Waals surface area contributed by atoms with E-state index in [0.29, 0.717) is 18.9 Å². The summed E-state index contributed by atoms with van der Waals surface area (Å²) >= 11 is 0. The van der Waals surface area contributed by atoms with Crippen LogP contribution < -0.4 is 11.1 Å². The average molecular weight is 198 g/mol. The molecule has 1 rings (SSSR count). The normalized spacial score (nSPS) is 18.5. The van der Waals surface area contributed by atoms with Crippen molar-refractivity contribution in [3.05, 3.63) is 0 Å². The van der Waals surface area contributed by atoms with Crippen LogP contribution in [-0.4, -0.2) is 18.0 Å². The summed E-state index contributed by atoms with van der Waals surface area (Å²) in [6, 6.07) is 0. The molecule has 0 aromatic rings. The summed E-state index contributed by atoms with van der Waals surface area (Å²) in [5, 5.41) is 2.97. The summed E-state index contributed by atoms with van der Waals surface area (Å²) in [7, 11) is 0. The van der Waals surface area contributed by atoms with Crippen molar-refractivity contribution in [3.63, 3.8) is 0 Å². The summed E-state index contributed by atoms with van der Waals surface area (Å²) in [6.07, 6.45) is 5.70. The second-order valence-electron chi connectivity index (χ2n) is 4.99. The Labute approximate surface area is 86.4 Å². The second-order valence-corrected chi connectivity index (χ2v) is 4.99. The summed E-state index contributed by atoms with van der Waals surface area (Å²) in [5.74, 6) is 0.774. The van der Waals surface area contributed by atoms with Gasteiger partial charge in [0.05, 0.1) is 0 Å². The first-order chi connectivity index (χ1) is 6.53. The molecule has 3 N–H and O–H groups in total. The fourth-order valence-corrected chi connectivity index (χ4v) is 1.96. The molecule has 0 bridgehead atoms. The van der Waals surface area contributed by atoms with Crippen LogP contribution in [0.3, 0.4) is 0 Å². The van der Waals surface area contributed by atoms with Crippen molar-refractivity contribution < 1.29 is 4.79 Å². The van der Waals surface area contributed by atoms with E-state index in [4.69, 9.17) is 5.73 Å². The Morgan fingerprint density at radius 1 is 1.43 bits per heavy atom. The van der Waals surface area contributed by atoms with Gasteiger partial charge >= 0.3 is 0 Å². The molecule has 0 aromatic heterocycles. The number of carbonyl (C=O) groups excluding carboxylic acids is 1. The van der Waals surface area contributed by atoms with E-state index >= 15 is 0 Å². The van der Waals surface area contributed by atoms with Crippen LogP contribution in [0.1, 0.15) is 46.0 Å². The first kappa shape index (κ1) is 11.5. The molecule has 1 fully saturated rings. The molecule has 3 heteroatoms. The maximum atomic E-state index is 11.6. The third kappa shape index (κ3) is 3.66. The van der Waals surface area contributed by atoms with Crippen molar-refractivity contribution in [1.82, 2.24) is 5.32 Å². The van der Waals surface area contributed by atoms with Crippen LogP contribution in [0, 0.1) is 5.92 Å². The van der Waals surface area contributed by atoms with Crippen LogP contribution in [0.25, 0.3) is 0 Å². The van der Waals surface area contributed by atoms with Gasteiger partial charge in [-0.05, 0) is 32.6 Å². The van der Waals surface area contributed by atoms with Crippen LogP contribution in [0.5, 0.6) is 0 Å². The number of rotatable bonds is 4. The first-order valence-corrected chi connectivity index (χ1v) is 5.54. The molecule has 0 atom stereocenters. The Morgan fingerprint density at radius 2 is 2.00 bits per heavy atom. The number of amides is 1. The van der Waals surface area contributed by atoms with Crippen LogP contribution in [0.4, 0.5) is 0 Å². The number of hydrogen-bond acceptors (Lipinski definition) is 2. The lowest BCUT2D eigenvalue weighted by atomic mass is 10.0. The van der Waals surface area contributed by atoms with E-state index in [0.717, 1.165) is 0 Å². The van der Waals surface area contributed by atoms with Crippen molar-refractivity contribution in [1.29, 1.82) is 0 Å². The highest BCUT2D eigenvalue weighted by atomic mass is 16.1. The van der Waals surface area contributed by atoms with Gasteiger partial charge in [-0.15, -0.1) is 0 Å². The molecule has 0 saturated heterocycles. The van der Waals surface area contributed by atoms with Gasteiger partial charge in [0.15, 0.2) is 0 Å². The van der Waals surface area contributed by atoms with Gasteiger partial charge in [-0.1, -0.05) is 12.8 Å². The maximum absolute atomic E-state index is 11.6. The molecule has 1 saturated carbocycles. The minimum atomic E-state index is -0.254. The first-order valence-electron chi connectivity index (χ1n) is 5.54. The third-order valence-electron chi connectivity index (χ3n) is 2.94. The van der Waals surface area contributed by atoms with E-state index in [2.05, 4.69) is 5.32 Å². The number of hydrogen-bond donors (Lipinski definition) is 2. The van der Waals surface area contributed by atoms with Crippen molar-refractivity contribution in [2.24, 2.45) is 11.7 Å². The minimum Gasteiger partial charge on any atom is -0.350 e. The highest BCUT2D eigenvalue weighted by Gasteiger charge is 2.22. The number of carbonyl (C=O) groups is 1. The zero-order valence-corrected chi connectivity index (χ0v) is 9.31. The zero-order valence-electron chi connectivity index (χ0n) is 9.31. The average Bonchev–Trinajstić information content (AvgIpc) is 2.55. The smallest absolute Gasteiger partial charge is 0.220 e. The topological polar surface area (TPSA) is 55.1 Å². The zero-order chi connectivity index (χ0) is 10.6. The molecule has 0 heterocycles. The van der Waals surface area contributed by atoms with Gasteiger partial charge in [0.25, 0.3) is 0 Å². The largest absolute Gasteiger partial charge is 0.350 e. The lowest BCUT2D eigenvalue weighted by Crippen LogP contribution is -2.49. The highest BCUT2D eigenvalue weighted by molar-refractivity contribution is 5.77. The summed E-state index contributed by atoms with van der Waals surface area (Å²) < 4.78 is 0. The van der Waals surface area contributed by atoms with E-state index < -0.39 is 0 Å². The lowest BCUT2D eigenvalue weighted by Gasteiger charge is -2.25. The molecule has 1 aliphatic rings. The van der Waals surface area contributed by atoms with Crippen molar-refractivity contribution >= 4 is 5.91 Å². The summed E-state index contributed by atoms with van der Waals surface area (Å²) in [6.45, 7) is 4.41. The van der Waals surface area contributed by atoms with E-state index in [9.17, 15) is 4.79 Å². The monoisotopic (exact) mass is 198 g/mol. The van der Waals surface area contributed by atoms with Gasteiger partial charge in [-0.3, -0.25) is 4.79 Å². The molecule has 0 spiro atoms. The predicted molar refractivity (Wildman–Crippen MR) is 57.9 cm³/mol. The molecule has 0 aliphatic heterocycles. The van der Waals surface area contributed by atoms with Crippen molar-refractivity contribution in [2.45, 2.75) is 51.5 Å². The molecular formula is C11H22N2O. The Kier molecular flexibility index (Phi) is 3.93. The molecule has 82 valence electrons. The number of nitrogens with two attached hydrogens (primary N) is 1. The molecule has 3 nitrogen and oxygen atoms in total. The van der Waals surface area contributed by atoms with Crippen molar-refractivity contribution in [2.75, 3.05) is 6.54 Å². The lowest BCUT2D eigenvalue weighted by molar-refractivity contribution is -0.123. The van der Waals surface area contributed by atoms with Gasteiger partial charge in [-0.25, -0.2) is 0 Å². The third-order valence-corrected chi connectivity index (χ3v) is 2.94. The molecule has 0 unspecified atom stereocenters. The van der Waals surface area contributed by atoms with Crippen molar-refractivity contribution in [3.8, 4) is 0 Å². The van der Waals surface area contributed by atoms with Gasteiger partial charge in [0.2, 0.25) is 5.91 Å². The summed E-state index contributed by atoms with van der Waals surface area (Å²) in [4.78, 5) is 11.6. The Balaban J connectivity index is 2.27. The Bertz CT molecular complexity index is 195. The van der Waals surface area contributed by atoms with Gasteiger partial charge in [-0.2, -0.15) is 0 Å². The molecule has 1 amide bonds. The molecule has 1 aliphatic carbocycles. The van der Waals surface area contributed by atoms with E-state index in [1.165, 1.54) is 25.7 Å². The predicted octanol–water partition coefficient (Wildman–Crippen LogP) is 1.42. The molecule has 0 radical (unpaired) electrons. The van der Waals surface area contributed by atoms with E-state index in [-0.39, 0.29) is 11.4 Å². The Hall–Kier alpha value is -0.570. The molecule has 0 aromatic carbocycles. The van der Waals surface area contributed by atoms with E-state index in [1.807, 2.05) is 13.8 Å². The molecular weight excluding hydrogens is 176 g/mol. The maximum Gasteiger partial charge on any atom is 0.220 e. The van der Waals surface area contributed by atoms with Gasteiger partial charge in [0, 0.05) is 18.5 Å². The van der Waals surface area contributed by atoms with Crippen LogP contribution in [0.15, 0.2) is 0 Å². The van der Waals surface area contributed by atoms with Crippen LogP contribution in [0.2, 0.25) is 0 Å². The highest BCUT2D eigenvalue weighted by Crippen LogP contribution is 2.27. The fraction of sp³-hybridized carbons (Fsp3) is 0.909. The van der Waals surface area contributed by atoms with E-state index in [1.54, 1.807) is 0 Å². The fourth-order valence-electron chi connectivity index (χ4n) is 1.96.